The van der Waals surface area contributed by atoms with Gasteiger partial charge >= 0.3 is 0 Å². The van der Waals surface area contributed by atoms with Crippen molar-refractivity contribution < 1.29 is 0 Å². The zero-order chi connectivity index (χ0) is 26.6. The SMILES string of the molecule is Clc1cccc(Cc2cccc(Sc3cccc(Cc4cccc(Cl)c4)c3-n3ccnc3)c2-n2ccnc2)c1. The number of benzene rings is 4. The third kappa shape index (κ3) is 5.81. The van der Waals surface area contributed by atoms with Crippen molar-refractivity contribution in [1.82, 2.24) is 19.1 Å². The number of nitrogens with zero attached hydrogens (tertiary/aromatic N) is 4. The molecule has 0 bridgehead atoms. The first-order chi connectivity index (χ1) is 19.1. The van der Waals surface area contributed by atoms with E-state index in [1.54, 1.807) is 11.8 Å². The fourth-order valence-corrected chi connectivity index (χ4v) is 6.43. The van der Waals surface area contributed by atoms with E-state index in [1.807, 2.05) is 73.8 Å². The van der Waals surface area contributed by atoms with Gasteiger partial charge in [-0.15, -0.1) is 0 Å². The monoisotopic (exact) mass is 566 g/mol. The number of hydrogen-bond donors (Lipinski definition) is 0. The van der Waals surface area contributed by atoms with E-state index < -0.39 is 0 Å². The zero-order valence-electron chi connectivity index (χ0n) is 20.9. The van der Waals surface area contributed by atoms with Crippen molar-refractivity contribution in [2.45, 2.75) is 22.6 Å². The van der Waals surface area contributed by atoms with Crippen LogP contribution in [0.3, 0.4) is 0 Å². The van der Waals surface area contributed by atoms with Crippen LogP contribution in [0.1, 0.15) is 22.3 Å². The maximum atomic E-state index is 6.30. The molecule has 2 heterocycles. The normalized spacial score (nSPS) is 11.1. The highest BCUT2D eigenvalue weighted by molar-refractivity contribution is 7.99. The molecule has 4 aromatic carbocycles. The van der Waals surface area contributed by atoms with E-state index >= 15 is 0 Å². The second-order valence-electron chi connectivity index (χ2n) is 9.18. The molecule has 0 aliphatic rings. The van der Waals surface area contributed by atoms with Gasteiger partial charge in [-0.25, -0.2) is 9.97 Å². The van der Waals surface area contributed by atoms with E-state index in [0.717, 1.165) is 55.2 Å². The molecule has 0 aliphatic carbocycles. The van der Waals surface area contributed by atoms with Gasteiger partial charge in [0.05, 0.1) is 24.0 Å². The predicted octanol–water partition coefficient (Wildman–Crippen LogP) is 8.70. The molecule has 0 atom stereocenters. The molecule has 0 saturated heterocycles. The Morgan fingerprint density at radius 3 is 1.46 bits per heavy atom. The number of halogens is 2. The van der Waals surface area contributed by atoms with Gasteiger partial charge in [-0.3, -0.25) is 0 Å². The minimum Gasteiger partial charge on any atom is -0.305 e. The van der Waals surface area contributed by atoms with Gasteiger partial charge in [0, 0.05) is 44.6 Å². The van der Waals surface area contributed by atoms with E-state index in [1.165, 1.54) is 11.1 Å². The van der Waals surface area contributed by atoms with Gasteiger partial charge in [-0.05, 0) is 71.5 Å². The summed E-state index contributed by atoms with van der Waals surface area (Å²) < 4.78 is 4.18. The summed E-state index contributed by atoms with van der Waals surface area (Å²) in [5, 5.41) is 1.48. The molecule has 6 aromatic rings. The fourth-order valence-electron chi connectivity index (χ4n) is 4.81. The van der Waals surface area contributed by atoms with Crippen LogP contribution in [0.15, 0.2) is 132 Å². The lowest BCUT2D eigenvalue weighted by Gasteiger charge is -2.19. The molecule has 2 aromatic heterocycles. The van der Waals surface area contributed by atoms with Crippen LogP contribution in [0.2, 0.25) is 10.0 Å². The van der Waals surface area contributed by atoms with Crippen molar-refractivity contribution in [2.24, 2.45) is 0 Å². The Morgan fingerprint density at radius 2 is 1.05 bits per heavy atom. The Labute approximate surface area is 241 Å². The quantitative estimate of drug-likeness (QED) is 0.185. The summed E-state index contributed by atoms with van der Waals surface area (Å²) in [6, 6.07) is 29.0. The molecule has 0 N–H and O–H groups in total. The first kappa shape index (κ1) is 25.5. The third-order valence-corrected chi connectivity index (χ3v) is 8.05. The van der Waals surface area contributed by atoms with E-state index in [4.69, 9.17) is 23.2 Å². The highest BCUT2D eigenvalue weighted by atomic mass is 35.5. The molecule has 0 saturated carbocycles. The number of rotatable bonds is 8. The van der Waals surface area contributed by atoms with Crippen LogP contribution >= 0.6 is 35.0 Å². The van der Waals surface area contributed by atoms with E-state index in [2.05, 4.69) is 67.6 Å². The second-order valence-corrected chi connectivity index (χ2v) is 11.1. The lowest BCUT2D eigenvalue weighted by Crippen LogP contribution is -2.03. The molecule has 0 fully saturated rings. The van der Waals surface area contributed by atoms with Gasteiger partial charge in [-0.1, -0.05) is 83.5 Å². The van der Waals surface area contributed by atoms with Crippen molar-refractivity contribution in [3.8, 4) is 11.4 Å². The highest BCUT2D eigenvalue weighted by Gasteiger charge is 2.17. The molecule has 6 rings (SSSR count). The lowest BCUT2D eigenvalue weighted by atomic mass is 10.0. The number of para-hydroxylation sites is 2. The smallest absolute Gasteiger partial charge is 0.0992 e. The molecular weight excluding hydrogens is 543 g/mol. The average Bonchev–Trinajstić information content (AvgIpc) is 3.64. The van der Waals surface area contributed by atoms with Crippen LogP contribution in [0.25, 0.3) is 11.4 Å². The van der Waals surface area contributed by atoms with Crippen LogP contribution in [0.5, 0.6) is 0 Å². The maximum absolute atomic E-state index is 6.30. The van der Waals surface area contributed by atoms with Crippen LogP contribution in [-0.4, -0.2) is 19.1 Å². The average molecular weight is 568 g/mol. The summed E-state index contributed by atoms with van der Waals surface area (Å²) >= 11 is 14.3. The molecule has 39 heavy (non-hydrogen) atoms. The first-order valence-electron chi connectivity index (χ1n) is 12.5. The summed E-state index contributed by atoms with van der Waals surface area (Å²) in [6.45, 7) is 0. The predicted molar refractivity (Wildman–Crippen MR) is 160 cm³/mol. The van der Waals surface area contributed by atoms with Crippen LogP contribution in [0, 0.1) is 0 Å². The number of imidazole rings is 2. The van der Waals surface area contributed by atoms with Crippen LogP contribution in [0.4, 0.5) is 0 Å². The van der Waals surface area contributed by atoms with E-state index in [-0.39, 0.29) is 0 Å². The van der Waals surface area contributed by atoms with Gasteiger partial charge in [0.25, 0.3) is 0 Å². The van der Waals surface area contributed by atoms with Gasteiger partial charge < -0.3 is 9.13 Å². The molecule has 7 heteroatoms. The molecule has 0 spiro atoms. The topological polar surface area (TPSA) is 35.6 Å². The molecule has 4 nitrogen and oxygen atoms in total. The summed E-state index contributed by atoms with van der Waals surface area (Å²) in [7, 11) is 0. The van der Waals surface area contributed by atoms with Crippen molar-refractivity contribution in [1.29, 1.82) is 0 Å². The Balaban J connectivity index is 1.44. The molecule has 0 radical (unpaired) electrons. The number of aromatic nitrogens is 4. The Kier molecular flexibility index (Phi) is 7.55. The van der Waals surface area contributed by atoms with Crippen molar-refractivity contribution in [3.05, 3.63) is 155 Å². The minimum absolute atomic E-state index is 0.740. The minimum atomic E-state index is 0.740. The van der Waals surface area contributed by atoms with Gasteiger partial charge in [-0.2, -0.15) is 0 Å². The largest absolute Gasteiger partial charge is 0.305 e. The molecular formula is C32H24Cl2N4S. The highest BCUT2D eigenvalue weighted by Crippen LogP contribution is 2.39. The van der Waals surface area contributed by atoms with Crippen molar-refractivity contribution in [2.75, 3.05) is 0 Å². The first-order valence-corrected chi connectivity index (χ1v) is 14.1. The zero-order valence-corrected chi connectivity index (χ0v) is 23.2. The van der Waals surface area contributed by atoms with Crippen LogP contribution in [-0.2, 0) is 12.8 Å². The number of hydrogen-bond acceptors (Lipinski definition) is 3. The van der Waals surface area contributed by atoms with E-state index in [0.29, 0.717) is 0 Å². The van der Waals surface area contributed by atoms with Crippen LogP contribution < -0.4 is 0 Å². The standard InChI is InChI=1S/C32H24Cl2N4S/c33-27-9-1-5-23(19-27)17-25-7-3-11-29(31(25)37-15-13-35-21-37)39-30-12-4-8-26(32(30)38-16-14-36-22-38)18-24-6-2-10-28(34)20-24/h1-16,19-22H,17-18H2. The molecule has 0 unspecified atom stereocenters. The lowest BCUT2D eigenvalue weighted by molar-refractivity contribution is 0.973. The third-order valence-electron chi connectivity index (χ3n) is 6.48. The second kappa shape index (κ2) is 11.5. The Hall–Kier alpha value is -3.77. The van der Waals surface area contributed by atoms with Gasteiger partial charge in [0.1, 0.15) is 0 Å². The van der Waals surface area contributed by atoms with Gasteiger partial charge in [0.15, 0.2) is 0 Å². The maximum Gasteiger partial charge on any atom is 0.0992 e. The van der Waals surface area contributed by atoms with Gasteiger partial charge in [0.2, 0.25) is 0 Å². The summed E-state index contributed by atoms with van der Waals surface area (Å²) in [5.74, 6) is 0. The molecule has 192 valence electrons. The van der Waals surface area contributed by atoms with E-state index in [9.17, 15) is 0 Å². The Bertz CT molecular complexity index is 1590. The summed E-state index contributed by atoms with van der Waals surface area (Å²) in [4.78, 5) is 11.0. The summed E-state index contributed by atoms with van der Waals surface area (Å²) in [6.07, 6.45) is 12.8. The Morgan fingerprint density at radius 1 is 0.590 bits per heavy atom. The molecule has 0 aliphatic heterocycles. The molecule has 0 amide bonds. The summed E-state index contributed by atoms with van der Waals surface area (Å²) in [5.41, 5.74) is 6.93. The van der Waals surface area contributed by atoms with Crippen molar-refractivity contribution >= 4 is 35.0 Å². The fraction of sp³-hybridized carbons (Fsp3) is 0.0625. The van der Waals surface area contributed by atoms with Crippen molar-refractivity contribution in [3.63, 3.8) is 0 Å².